The Morgan fingerprint density at radius 3 is 2.68 bits per heavy atom. The van der Waals surface area contributed by atoms with Gasteiger partial charge in [-0.3, -0.25) is 4.79 Å². The molecule has 1 amide bonds. The molecule has 0 aliphatic heterocycles. The van der Waals surface area contributed by atoms with E-state index in [2.05, 4.69) is 32.9 Å². The Labute approximate surface area is 154 Å². The van der Waals surface area contributed by atoms with E-state index in [0.29, 0.717) is 5.69 Å². The van der Waals surface area contributed by atoms with Gasteiger partial charge in [0.25, 0.3) is 5.89 Å². The Morgan fingerprint density at radius 2 is 2.08 bits per heavy atom. The molecule has 0 fully saturated rings. The Morgan fingerprint density at radius 1 is 1.36 bits per heavy atom. The molecule has 0 atom stereocenters. The number of nitrogens with one attached hydrogen (secondary N) is 1. The molecule has 0 spiro atoms. The molecule has 25 heavy (non-hydrogen) atoms. The number of nitrogens with two attached hydrogens (primary N) is 1. The van der Waals surface area contributed by atoms with E-state index in [1.54, 1.807) is 19.1 Å². The minimum absolute atomic E-state index is 0.103. The lowest BCUT2D eigenvalue weighted by Crippen LogP contribution is -2.10. The molecule has 0 radical (unpaired) electrons. The van der Waals surface area contributed by atoms with E-state index in [4.69, 9.17) is 10.2 Å². The number of amides is 1. The number of aromatic carboxylic acids is 1. The van der Waals surface area contributed by atoms with Crippen molar-refractivity contribution in [2.45, 2.75) is 6.92 Å². The summed E-state index contributed by atoms with van der Waals surface area (Å²) in [4.78, 5) is 26.4. The van der Waals surface area contributed by atoms with Crippen LogP contribution >= 0.6 is 22.6 Å². The molecule has 4 N–H and O–H groups in total. The molecule has 3 rings (SSSR count). The molecular formula is C16H11FIN3O4. The third-order valence-electron chi connectivity index (χ3n) is 3.51. The van der Waals surface area contributed by atoms with Gasteiger partial charge >= 0.3 is 11.9 Å². The number of aromatic nitrogens is 1. The van der Waals surface area contributed by atoms with Crippen molar-refractivity contribution in [3.05, 3.63) is 50.7 Å². The lowest BCUT2D eigenvalue weighted by atomic mass is 10.1. The Hall–Kier alpha value is -2.69. The number of hydrogen-bond acceptors (Lipinski definition) is 5. The zero-order valence-electron chi connectivity index (χ0n) is 12.8. The Kier molecular flexibility index (Phi) is 4.33. The van der Waals surface area contributed by atoms with Crippen molar-refractivity contribution in [3.8, 4) is 0 Å². The number of carboxylic acid groups (broad SMARTS) is 1. The van der Waals surface area contributed by atoms with Crippen LogP contribution in [0.15, 0.2) is 28.7 Å². The van der Waals surface area contributed by atoms with E-state index >= 15 is 0 Å². The summed E-state index contributed by atoms with van der Waals surface area (Å²) in [7, 11) is 0. The Balaban J connectivity index is 2.21. The predicted octanol–water partition coefficient (Wildman–Crippen LogP) is 3.42. The summed E-state index contributed by atoms with van der Waals surface area (Å²) in [6.07, 6.45) is 0. The monoisotopic (exact) mass is 455 g/mol. The van der Waals surface area contributed by atoms with Gasteiger partial charge in [0.2, 0.25) is 0 Å². The van der Waals surface area contributed by atoms with Crippen LogP contribution in [-0.2, 0) is 0 Å². The lowest BCUT2D eigenvalue weighted by Gasteiger charge is -2.13. The van der Waals surface area contributed by atoms with Crippen LogP contribution in [0.1, 0.15) is 26.6 Å². The Bertz CT molecular complexity index is 1030. The molecular weight excluding hydrogens is 444 g/mol. The molecule has 0 saturated heterocycles. The van der Waals surface area contributed by atoms with Crippen LogP contribution in [0.4, 0.5) is 15.8 Å². The van der Waals surface area contributed by atoms with Crippen molar-refractivity contribution in [1.29, 1.82) is 0 Å². The van der Waals surface area contributed by atoms with Crippen LogP contribution in [0.2, 0.25) is 0 Å². The van der Waals surface area contributed by atoms with Gasteiger partial charge in [-0.25, -0.2) is 14.2 Å². The fraction of sp³-hybridized carbons (Fsp3) is 0.0625. The first-order valence-electron chi connectivity index (χ1n) is 6.97. The van der Waals surface area contributed by atoms with Gasteiger partial charge in [-0.05, 0) is 59.3 Å². The first kappa shape index (κ1) is 17.1. The number of benzene rings is 2. The molecule has 0 aliphatic carbocycles. The highest BCUT2D eigenvalue weighted by atomic mass is 127. The highest BCUT2D eigenvalue weighted by molar-refractivity contribution is 14.1. The lowest BCUT2D eigenvalue weighted by molar-refractivity contribution is 0.0697. The highest BCUT2D eigenvalue weighted by Crippen LogP contribution is 2.33. The number of primary amides is 1. The van der Waals surface area contributed by atoms with Crippen molar-refractivity contribution < 1.29 is 23.5 Å². The maximum atomic E-state index is 14.9. The third kappa shape index (κ3) is 3.14. The predicted molar refractivity (Wildman–Crippen MR) is 96.6 cm³/mol. The summed E-state index contributed by atoms with van der Waals surface area (Å²) >= 11 is 2.13. The van der Waals surface area contributed by atoms with Crippen molar-refractivity contribution in [1.82, 2.24) is 4.98 Å². The first-order chi connectivity index (χ1) is 11.8. The second kappa shape index (κ2) is 6.31. The number of nitrogens with zero attached hydrogens (tertiary/aromatic N) is 1. The highest BCUT2D eigenvalue weighted by Gasteiger charge is 2.24. The van der Waals surface area contributed by atoms with E-state index in [1.807, 2.05) is 6.07 Å². The molecule has 2 aromatic carbocycles. The van der Waals surface area contributed by atoms with Crippen LogP contribution in [-0.4, -0.2) is 22.0 Å². The van der Waals surface area contributed by atoms with Crippen molar-refractivity contribution in [3.63, 3.8) is 0 Å². The van der Waals surface area contributed by atoms with Crippen molar-refractivity contribution >= 4 is 56.9 Å². The number of rotatable bonds is 4. The summed E-state index contributed by atoms with van der Waals surface area (Å²) in [6.45, 7) is 1.81. The topological polar surface area (TPSA) is 118 Å². The van der Waals surface area contributed by atoms with Crippen molar-refractivity contribution in [2.24, 2.45) is 5.73 Å². The summed E-state index contributed by atoms with van der Waals surface area (Å²) in [5.41, 5.74) is 5.34. The van der Waals surface area contributed by atoms with E-state index in [1.165, 1.54) is 0 Å². The van der Waals surface area contributed by atoms with Gasteiger partial charge in [0.1, 0.15) is 5.52 Å². The molecule has 0 bridgehead atoms. The molecule has 0 aliphatic rings. The summed E-state index contributed by atoms with van der Waals surface area (Å²) in [6, 6.07) is 6.49. The van der Waals surface area contributed by atoms with Crippen LogP contribution in [0, 0.1) is 16.3 Å². The van der Waals surface area contributed by atoms with Crippen LogP contribution in [0.3, 0.4) is 0 Å². The maximum Gasteiger partial charge on any atom is 0.338 e. The van der Waals surface area contributed by atoms with Crippen LogP contribution in [0.25, 0.3) is 11.1 Å². The average Bonchev–Trinajstić information content (AvgIpc) is 2.96. The molecule has 0 unspecified atom stereocenters. The standard InChI is InChI=1S/C16H11FIN3O4/c1-6-4-7(18)2-3-9(6)20-12-8(16(23)24)5-10-13(11(12)17)25-15(21-10)14(19)22/h2-5,20H,1H3,(H2,19,22)(H,23,24). The maximum absolute atomic E-state index is 14.9. The zero-order valence-corrected chi connectivity index (χ0v) is 14.9. The third-order valence-corrected chi connectivity index (χ3v) is 4.18. The SMILES string of the molecule is Cc1cc(I)ccc1Nc1c(C(=O)O)cc2nc(C(N)=O)oc2c1F. The molecule has 1 aromatic heterocycles. The smallest absolute Gasteiger partial charge is 0.338 e. The number of carbonyl (C=O) groups is 2. The number of fused-ring (bicyclic) bond motifs is 1. The number of aryl methyl sites for hydroxylation is 1. The number of carboxylic acids is 1. The molecule has 1 heterocycles. The van der Waals surface area contributed by atoms with Crippen LogP contribution in [0.5, 0.6) is 0 Å². The number of halogens is 2. The van der Waals surface area contributed by atoms with Gasteiger partial charge in [0, 0.05) is 9.26 Å². The van der Waals surface area contributed by atoms with Gasteiger partial charge in [-0.2, -0.15) is 0 Å². The van der Waals surface area contributed by atoms with Gasteiger partial charge in [-0.1, -0.05) is 0 Å². The average molecular weight is 455 g/mol. The quantitative estimate of drug-likeness (QED) is 0.519. The van der Waals surface area contributed by atoms with Crippen molar-refractivity contribution in [2.75, 3.05) is 5.32 Å². The summed E-state index contributed by atoms with van der Waals surface area (Å²) < 4.78 is 20.9. The number of hydrogen-bond donors (Lipinski definition) is 3. The number of oxazole rings is 1. The van der Waals surface area contributed by atoms with Gasteiger partial charge in [-0.15, -0.1) is 0 Å². The van der Waals surface area contributed by atoms with E-state index in [0.717, 1.165) is 15.2 Å². The molecule has 7 nitrogen and oxygen atoms in total. The zero-order chi connectivity index (χ0) is 18.3. The van der Waals surface area contributed by atoms with Crippen LogP contribution < -0.4 is 11.1 Å². The van der Waals surface area contributed by atoms with Gasteiger partial charge < -0.3 is 20.6 Å². The summed E-state index contributed by atoms with van der Waals surface area (Å²) in [5, 5.41) is 12.2. The van der Waals surface area contributed by atoms with E-state index in [9.17, 15) is 19.1 Å². The molecule has 0 saturated carbocycles. The normalized spacial score (nSPS) is 10.8. The van der Waals surface area contributed by atoms with Gasteiger partial charge in [0.05, 0.1) is 11.3 Å². The first-order valence-corrected chi connectivity index (χ1v) is 8.05. The second-order valence-electron chi connectivity index (χ2n) is 5.23. The largest absolute Gasteiger partial charge is 0.478 e. The summed E-state index contributed by atoms with van der Waals surface area (Å²) in [5.74, 6) is -3.79. The van der Waals surface area contributed by atoms with E-state index < -0.39 is 23.6 Å². The number of anilines is 2. The molecule has 3 aromatic rings. The molecule has 9 heteroatoms. The minimum atomic E-state index is -1.35. The van der Waals surface area contributed by atoms with E-state index in [-0.39, 0.29) is 22.4 Å². The second-order valence-corrected chi connectivity index (χ2v) is 6.48. The fourth-order valence-electron chi connectivity index (χ4n) is 2.33. The fourth-order valence-corrected chi connectivity index (χ4v) is 2.97. The minimum Gasteiger partial charge on any atom is -0.478 e. The molecule has 128 valence electrons. The number of carbonyl (C=O) groups excluding carboxylic acids is 1. The van der Waals surface area contributed by atoms with Gasteiger partial charge in [0.15, 0.2) is 11.4 Å².